The number of H-pyrrole nitrogens is 1. The van der Waals surface area contributed by atoms with Gasteiger partial charge in [-0.3, -0.25) is 5.10 Å². The van der Waals surface area contributed by atoms with Crippen molar-refractivity contribution >= 4 is 21.7 Å². The standard InChI is InChI=1S/C20H15N3O/c1-2-24-17-7-6-14-10-16(5-4-15(14)11-17)20-18-9-13(12-21)3-8-19(18)22-23-20/h3-11H,2H2,1H3,(H,22,23). The van der Waals surface area contributed by atoms with Gasteiger partial charge >= 0.3 is 0 Å². The fourth-order valence-corrected chi connectivity index (χ4v) is 2.93. The van der Waals surface area contributed by atoms with Crippen LogP contribution in [0.1, 0.15) is 12.5 Å². The van der Waals surface area contributed by atoms with Gasteiger partial charge in [0.15, 0.2) is 0 Å². The van der Waals surface area contributed by atoms with Crippen LogP contribution < -0.4 is 4.74 Å². The number of hydrogen-bond acceptors (Lipinski definition) is 3. The molecule has 1 N–H and O–H groups in total. The number of aromatic nitrogens is 2. The summed E-state index contributed by atoms with van der Waals surface area (Å²) in [6, 6.07) is 20.0. The third kappa shape index (κ3) is 2.37. The number of hydrogen-bond donors (Lipinski definition) is 1. The first-order valence-electron chi connectivity index (χ1n) is 7.83. The molecule has 0 aliphatic carbocycles. The topological polar surface area (TPSA) is 61.7 Å². The highest BCUT2D eigenvalue weighted by atomic mass is 16.5. The average Bonchev–Trinajstić information content (AvgIpc) is 3.04. The van der Waals surface area contributed by atoms with Crippen LogP contribution in [0.5, 0.6) is 5.75 Å². The van der Waals surface area contributed by atoms with Crippen LogP contribution in [0.4, 0.5) is 0 Å². The lowest BCUT2D eigenvalue weighted by molar-refractivity contribution is 0.341. The summed E-state index contributed by atoms with van der Waals surface area (Å²) in [7, 11) is 0. The number of rotatable bonds is 3. The van der Waals surface area contributed by atoms with E-state index in [4.69, 9.17) is 10.00 Å². The second-order valence-electron chi connectivity index (χ2n) is 5.60. The molecule has 1 heterocycles. The van der Waals surface area contributed by atoms with Crippen LogP contribution in [-0.2, 0) is 0 Å². The molecule has 0 spiro atoms. The van der Waals surface area contributed by atoms with E-state index in [0.29, 0.717) is 12.2 Å². The van der Waals surface area contributed by atoms with Crippen LogP contribution >= 0.6 is 0 Å². The predicted molar refractivity (Wildman–Crippen MR) is 94.9 cm³/mol. The molecule has 0 bridgehead atoms. The Morgan fingerprint density at radius 1 is 1.04 bits per heavy atom. The molecular weight excluding hydrogens is 298 g/mol. The van der Waals surface area contributed by atoms with Gasteiger partial charge in [-0.2, -0.15) is 10.4 Å². The van der Waals surface area contributed by atoms with E-state index in [2.05, 4.69) is 34.5 Å². The lowest BCUT2D eigenvalue weighted by Gasteiger charge is -2.06. The zero-order valence-corrected chi connectivity index (χ0v) is 13.2. The van der Waals surface area contributed by atoms with E-state index >= 15 is 0 Å². The molecule has 0 aliphatic rings. The van der Waals surface area contributed by atoms with Crippen LogP contribution in [0.15, 0.2) is 54.6 Å². The highest BCUT2D eigenvalue weighted by Gasteiger charge is 2.10. The van der Waals surface area contributed by atoms with Crippen LogP contribution in [0.25, 0.3) is 32.9 Å². The number of ether oxygens (including phenoxy) is 1. The fraction of sp³-hybridized carbons (Fsp3) is 0.100. The van der Waals surface area contributed by atoms with Crippen LogP contribution in [0, 0.1) is 11.3 Å². The molecule has 0 radical (unpaired) electrons. The molecule has 3 aromatic carbocycles. The summed E-state index contributed by atoms with van der Waals surface area (Å²) in [5.74, 6) is 0.877. The van der Waals surface area contributed by atoms with Crippen molar-refractivity contribution in [3.8, 4) is 23.1 Å². The smallest absolute Gasteiger partial charge is 0.119 e. The lowest BCUT2D eigenvalue weighted by Crippen LogP contribution is -1.90. The number of aromatic amines is 1. The Hall–Kier alpha value is -3.32. The second-order valence-corrected chi connectivity index (χ2v) is 5.60. The summed E-state index contributed by atoms with van der Waals surface area (Å²) in [6.07, 6.45) is 0. The minimum Gasteiger partial charge on any atom is -0.494 e. The monoisotopic (exact) mass is 313 g/mol. The average molecular weight is 313 g/mol. The molecule has 0 saturated carbocycles. The molecule has 4 aromatic rings. The molecule has 116 valence electrons. The van der Waals surface area contributed by atoms with Gasteiger partial charge in [-0.25, -0.2) is 0 Å². The van der Waals surface area contributed by atoms with Gasteiger partial charge in [-0.15, -0.1) is 0 Å². The fourth-order valence-electron chi connectivity index (χ4n) is 2.93. The van der Waals surface area contributed by atoms with Crippen molar-refractivity contribution < 1.29 is 4.74 Å². The molecule has 0 saturated heterocycles. The van der Waals surface area contributed by atoms with Gasteiger partial charge in [0.25, 0.3) is 0 Å². The zero-order chi connectivity index (χ0) is 16.5. The Morgan fingerprint density at radius 2 is 1.88 bits per heavy atom. The maximum Gasteiger partial charge on any atom is 0.119 e. The van der Waals surface area contributed by atoms with Crippen molar-refractivity contribution in [3.05, 3.63) is 60.2 Å². The van der Waals surface area contributed by atoms with Crippen LogP contribution in [0.2, 0.25) is 0 Å². The first-order chi connectivity index (χ1) is 11.8. The van der Waals surface area contributed by atoms with E-state index in [-0.39, 0.29) is 0 Å². The molecule has 0 amide bonds. The Kier molecular flexibility index (Phi) is 3.40. The van der Waals surface area contributed by atoms with E-state index in [1.807, 2.05) is 37.3 Å². The largest absolute Gasteiger partial charge is 0.494 e. The maximum absolute atomic E-state index is 9.11. The minimum absolute atomic E-state index is 0.632. The summed E-state index contributed by atoms with van der Waals surface area (Å²) in [4.78, 5) is 0. The molecule has 4 heteroatoms. The molecule has 1 aromatic heterocycles. The second kappa shape index (κ2) is 5.71. The van der Waals surface area contributed by atoms with Gasteiger partial charge < -0.3 is 4.74 Å². The Balaban J connectivity index is 1.84. The Bertz CT molecular complexity index is 1090. The van der Waals surface area contributed by atoms with Crippen LogP contribution in [0.3, 0.4) is 0 Å². The van der Waals surface area contributed by atoms with Gasteiger partial charge in [0, 0.05) is 10.9 Å². The van der Waals surface area contributed by atoms with E-state index in [0.717, 1.165) is 38.7 Å². The van der Waals surface area contributed by atoms with E-state index in [9.17, 15) is 0 Å². The number of benzene rings is 3. The van der Waals surface area contributed by atoms with Crippen molar-refractivity contribution in [2.45, 2.75) is 6.92 Å². The van der Waals surface area contributed by atoms with Gasteiger partial charge in [-0.1, -0.05) is 18.2 Å². The Labute approximate surface area is 139 Å². The minimum atomic E-state index is 0.632. The summed E-state index contributed by atoms with van der Waals surface area (Å²) in [5, 5.41) is 19.8. The highest BCUT2D eigenvalue weighted by Crippen LogP contribution is 2.30. The highest BCUT2D eigenvalue weighted by molar-refractivity contribution is 5.96. The third-order valence-electron chi connectivity index (χ3n) is 4.09. The summed E-state index contributed by atoms with van der Waals surface area (Å²) in [5.41, 5.74) is 3.44. The molecule has 0 unspecified atom stereocenters. The summed E-state index contributed by atoms with van der Waals surface area (Å²) in [6.45, 7) is 2.63. The molecule has 4 rings (SSSR count). The quantitative estimate of drug-likeness (QED) is 0.598. The van der Waals surface area contributed by atoms with Crippen molar-refractivity contribution in [3.63, 3.8) is 0 Å². The van der Waals surface area contributed by atoms with Gasteiger partial charge in [-0.05, 0) is 54.1 Å². The first kappa shape index (κ1) is 14.3. The van der Waals surface area contributed by atoms with E-state index in [1.54, 1.807) is 6.07 Å². The Morgan fingerprint density at radius 3 is 2.71 bits per heavy atom. The summed E-state index contributed by atoms with van der Waals surface area (Å²) >= 11 is 0. The van der Waals surface area contributed by atoms with Crippen molar-refractivity contribution in [1.29, 1.82) is 5.26 Å². The molecular formula is C20H15N3O. The first-order valence-corrected chi connectivity index (χ1v) is 7.83. The van der Waals surface area contributed by atoms with E-state index < -0.39 is 0 Å². The van der Waals surface area contributed by atoms with Gasteiger partial charge in [0.1, 0.15) is 5.75 Å². The molecule has 4 nitrogen and oxygen atoms in total. The van der Waals surface area contributed by atoms with Crippen molar-refractivity contribution in [1.82, 2.24) is 10.2 Å². The molecule has 0 aliphatic heterocycles. The van der Waals surface area contributed by atoms with E-state index in [1.165, 1.54) is 0 Å². The zero-order valence-electron chi connectivity index (χ0n) is 13.2. The molecule has 24 heavy (non-hydrogen) atoms. The lowest BCUT2D eigenvalue weighted by atomic mass is 10.0. The van der Waals surface area contributed by atoms with Crippen molar-refractivity contribution in [2.75, 3.05) is 6.61 Å². The van der Waals surface area contributed by atoms with Gasteiger partial charge in [0.05, 0.1) is 29.5 Å². The number of nitriles is 1. The molecule has 0 fully saturated rings. The SMILES string of the molecule is CCOc1ccc2cc(-c3n[nH]c4ccc(C#N)cc34)ccc2c1. The number of fused-ring (bicyclic) bond motifs is 2. The number of nitrogens with one attached hydrogen (secondary N) is 1. The summed E-state index contributed by atoms with van der Waals surface area (Å²) < 4.78 is 5.55. The molecule has 0 atom stereocenters. The normalized spacial score (nSPS) is 10.8. The third-order valence-corrected chi connectivity index (χ3v) is 4.09. The maximum atomic E-state index is 9.11. The van der Waals surface area contributed by atoms with Crippen molar-refractivity contribution in [2.24, 2.45) is 0 Å². The predicted octanol–water partition coefficient (Wildman–Crippen LogP) is 4.65. The number of nitrogens with zero attached hydrogens (tertiary/aromatic N) is 2. The van der Waals surface area contributed by atoms with Crippen LogP contribution in [-0.4, -0.2) is 16.8 Å². The van der Waals surface area contributed by atoms with Gasteiger partial charge in [0.2, 0.25) is 0 Å².